The van der Waals surface area contributed by atoms with E-state index in [1.54, 1.807) is 0 Å². The fourth-order valence-electron chi connectivity index (χ4n) is 1.81. The summed E-state index contributed by atoms with van der Waals surface area (Å²) >= 11 is 9.78. The predicted octanol–water partition coefficient (Wildman–Crippen LogP) is 3.23. The molecule has 0 aliphatic carbocycles. The number of rotatable bonds is 6. The van der Waals surface area contributed by atoms with Gasteiger partial charge in [-0.25, -0.2) is 0 Å². The van der Waals surface area contributed by atoms with Gasteiger partial charge in [-0.15, -0.1) is 11.6 Å². The molecule has 1 N–H and O–H groups in total. The number of halogens is 2. The van der Waals surface area contributed by atoms with Crippen molar-refractivity contribution < 1.29 is 0 Å². The van der Waals surface area contributed by atoms with Crippen molar-refractivity contribution in [2.75, 3.05) is 6.54 Å². The van der Waals surface area contributed by atoms with Crippen molar-refractivity contribution in [3.05, 3.63) is 15.9 Å². The minimum absolute atomic E-state index is 0.197. The van der Waals surface area contributed by atoms with Crippen LogP contribution in [0.15, 0.2) is 4.47 Å². The molecule has 1 unspecified atom stereocenters. The van der Waals surface area contributed by atoms with Crippen molar-refractivity contribution >= 4 is 27.5 Å². The summed E-state index contributed by atoms with van der Waals surface area (Å²) in [6, 6.07) is 0. The summed E-state index contributed by atoms with van der Waals surface area (Å²) in [6.45, 7) is 8.00. The summed E-state index contributed by atoms with van der Waals surface area (Å²) in [4.78, 5) is 0. The van der Waals surface area contributed by atoms with E-state index in [1.165, 1.54) is 0 Å². The second-order valence-electron chi connectivity index (χ2n) is 4.83. The van der Waals surface area contributed by atoms with Gasteiger partial charge in [-0.2, -0.15) is 5.10 Å². The number of nitrogens with one attached hydrogen (secondary N) is 1. The standard InChI is InChI=1S/C12H21BrClN3/c1-8(2)5-10(14)6-15-7-11-12(13)9(3)16-17(11)4/h8,10,15H,5-7H2,1-4H3. The minimum Gasteiger partial charge on any atom is -0.310 e. The Balaban J connectivity index is 2.41. The minimum atomic E-state index is 0.197. The van der Waals surface area contributed by atoms with Gasteiger partial charge in [-0.3, -0.25) is 4.68 Å². The molecule has 3 nitrogen and oxygen atoms in total. The number of aryl methyl sites for hydroxylation is 2. The maximum Gasteiger partial charge on any atom is 0.0739 e. The largest absolute Gasteiger partial charge is 0.310 e. The van der Waals surface area contributed by atoms with Crippen molar-refractivity contribution in [1.29, 1.82) is 0 Å². The lowest BCUT2D eigenvalue weighted by atomic mass is 10.1. The van der Waals surface area contributed by atoms with Crippen LogP contribution in [0.25, 0.3) is 0 Å². The van der Waals surface area contributed by atoms with E-state index in [-0.39, 0.29) is 5.38 Å². The molecule has 5 heteroatoms. The number of hydrogen-bond acceptors (Lipinski definition) is 2. The van der Waals surface area contributed by atoms with Crippen molar-refractivity contribution in [2.45, 2.75) is 39.1 Å². The normalized spacial score (nSPS) is 13.4. The van der Waals surface area contributed by atoms with E-state index in [4.69, 9.17) is 11.6 Å². The molecule has 0 fully saturated rings. The molecule has 0 aliphatic heterocycles. The lowest BCUT2D eigenvalue weighted by Gasteiger charge is -2.13. The van der Waals surface area contributed by atoms with Crippen LogP contribution in [0.3, 0.4) is 0 Å². The summed E-state index contributed by atoms with van der Waals surface area (Å²) in [7, 11) is 1.96. The highest BCUT2D eigenvalue weighted by molar-refractivity contribution is 9.10. The fraction of sp³-hybridized carbons (Fsp3) is 0.750. The molecule has 0 saturated carbocycles. The predicted molar refractivity (Wildman–Crippen MR) is 76.4 cm³/mol. The maximum absolute atomic E-state index is 6.23. The Morgan fingerprint density at radius 3 is 2.59 bits per heavy atom. The van der Waals surface area contributed by atoms with Gasteiger partial charge in [0.1, 0.15) is 0 Å². The van der Waals surface area contributed by atoms with Crippen LogP contribution in [0.4, 0.5) is 0 Å². The van der Waals surface area contributed by atoms with Crippen molar-refractivity contribution in [2.24, 2.45) is 13.0 Å². The average molecular weight is 323 g/mol. The van der Waals surface area contributed by atoms with Gasteiger partial charge < -0.3 is 5.32 Å². The first kappa shape index (κ1) is 15.0. The van der Waals surface area contributed by atoms with Crippen LogP contribution in [0.2, 0.25) is 0 Å². The van der Waals surface area contributed by atoms with E-state index in [9.17, 15) is 0 Å². The van der Waals surface area contributed by atoms with Gasteiger partial charge >= 0.3 is 0 Å². The van der Waals surface area contributed by atoms with Crippen LogP contribution in [-0.4, -0.2) is 21.7 Å². The SMILES string of the molecule is Cc1nn(C)c(CNCC(Cl)CC(C)C)c1Br. The summed E-state index contributed by atoms with van der Waals surface area (Å²) in [6.07, 6.45) is 1.04. The topological polar surface area (TPSA) is 29.9 Å². The van der Waals surface area contributed by atoms with Crippen LogP contribution in [0.5, 0.6) is 0 Å². The molecule has 0 bridgehead atoms. The third-order valence-electron chi connectivity index (χ3n) is 2.65. The molecule has 17 heavy (non-hydrogen) atoms. The quantitative estimate of drug-likeness (QED) is 0.815. The highest BCUT2D eigenvalue weighted by Crippen LogP contribution is 2.20. The molecular weight excluding hydrogens is 302 g/mol. The first-order chi connectivity index (χ1) is 7.91. The van der Waals surface area contributed by atoms with E-state index >= 15 is 0 Å². The first-order valence-electron chi connectivity index (χ1n) is 5.94. The van der Waals surface area contributed by atoms with Crippen LogP contribution < -0.4 is 5.32 Å². The van der Waals surface area contributed by atoms with E-state index in [1.807, 2.05) is 18.7 Å². The van der Waals surface area contributed by atoms with E-state index in [0.29, 0.717) is 5.92 Å². The zero-order valence-corrected chi connectivity index (χ0v) is 13.3. The molecular formula is C12H21BrClN3. The van der Waals surface area contributed by atoms with E-state index in [2.05, 4.69) is 40.2 Å². The third-order valence-corrected chi connectivity index (χ3v) is 4.01. The molecule has 0 amide bonds. The number of aromatic nitrogens is 2. The van der Waals surface area contributed by atoms with Gasteiger partial charge in [-0.05, 0) is 35.2 Å². The first-order valence-corrected chi connectivity index (χ1v) is 7.17. The zero-order chi connectivity index (χ0) is 13.0. The van der Waals surface area contributed by atoms with Gasteiger partial charge in [0, 0.05) is 25.5 Å². The van der Waals surface area contributed by atoms with E-state index in [0.717, 1.165) is 35.4 Å². The Bertz CT molecular complexity index is 363. The molecule has 0 radical (unpaired) electrons. The van der Waals surface area contributed by atoms with E-state index < -0.39 is 0 Å². The van der Waals surface area contributed by atoms with Gasteiger partial charge in [0.05, 0.1) is 15.9 Å². The van der Waals surface area contributed by atoms with Crippen molar-refractivity contribution in [1.82, 2.24) is 15.1 Å². The second kappa shape index (κ2) is 6.76. The van der Waals surface area contributed by atoms with Gasteiger partial charge in [0.2, 0.25) is 0 Å². The van der Waals surface area contributed by atoms with Crippen LogP contribution in [0, 0.1) is 12.8 Å². The highest BCUT2D eigenvalue weighted by Gasteiger charge is 2.11. The van der Waals surface area contributed by atoms with Crippen LogP contribution in [0.1, 0.15) is 31.7 Å². The number of alkyl halides is 1. The van der Waals surface area contributed by atoms with Crippen molar-refractivity contribution in [3.8, 4) is 0 Å². The molecule has 0 aliphatic rings. The Hall–Kier alpha value is -0.0600. The number of nitrogens with zero attached hydrogens (tertiary/aromatic N) is 2. The Labute approximate surface area is 117 Å². The lowest BCUT2D eigenvalue weighted by Crippen LogP contribution is -2.25. The number of hydrogen-bond donors (Lipinski definition) is 1. The molecule has 1 rings (SSSR count). The zero-order valence-electron chi connectivity index (χ0n) is 10.9. The second-order valence-corrected chi connectivity index (χ2v) is 6.24. The maximum atomic E-state index is 6.23. The average Bonchev–Trinajstić information content (AvgIpc) is 2.43. The van der Waals surface area contributed by atoms with Crippen LogP contribution >= 0.6 is 27.5 Å². The molecule has 1 atom stereocenters. The van der Waals surface area contributed by atoms with Gasteiger partial charge in [0.15, 0.2) is 0 Å². The van der Waals surface area contributed by atoms with Gasteiger partial charge in [-0.1, -0.05) is 13.8 Å². The molecule has 0 spiro atoms. The fourth-order valence-corrected chi connectivity index (χ4v) is 2.76. The summed E-state index contributed by atoms with van der Waals surface area (Å²) in [5.74, 6) is 0.644. The molecule has 98 valence electrons. The molecule has 1 heterocycles. The third kappa shape index (κ3) is 4.60. The summed E-state index contributed by atoms with van der Waals surface area (Å²) in [5.41, 5.74) is 2.19. The van der Waals surface area contributed by atoms with Gasteiger partial charge in [0.25, 0.3) is 0 Å². The van der Waals surface area contributed by atoms with Crippen LogP contribution in [-0.2, 0) is 13.6 Å². The molecule has 0 aromatic carbocycles. The molecule has 1 aromatic heterocycles. The smallest absolute Gasteiger partial charge is 0.0739 e. The summed E-state index contributed by atoms with van der Waals surface area (Å²) < 4.78 is 2.99. The van der Waals surface area contributed by atoms with Crippen molar-refractivity contribution in [3.63, 3.8) is 0 Å². The Morgan fingerprint density at radius 2 is 2.12 bits per heavy atom. The Morgan fingerprint density at radius 1 is 1.47 bits per heavy atom. The molecule has 0 saturated heterocycles. The summed E-state index contributed by atoms with van der Waals surface area (Å²) in [5, 5.41) is 7.93. The molecule has 1 aromatic rings. The highest BCUT2D eigenvalue weighted by atomic mass is 79.9. The lowest BCUT2D eigenvalue weighted by molar-refractivity contribution is 0.526. The monoisotopic (exact) mass is 321 g/mol. The Kier molecular flexibility index (Phi) is 5.97.